The van der Waals surface area contributed by atoms with E-state index in [4.69, 9.17) is 4.74 Å². The zero-order valence-corrected chi connectivity index (χ0v) is 20.0. The molecule has 3 N–H and O–H groups in total. The number of hydrogen-bond acceptors (Lipinski definition) is 3. The van der Waals surface area contributed by atoms with Gasteiger partial charge in [0.15, 0.2) is 5.96 Å². The van der Waals surface area contributed by atoms with E-state index in [-0.39, 0.29) is 35.5 Å². The maximum absolute atomic E-state index is 11.6. The first-order chi connectivity index (χ1) is 13.3. The average Bonchev–Trinajstić information content (AvgIpc) is 2.68. The van der Waals surface area contributed by atoms with E-state index in [1.807, 2.05) is 69.3 Å². The molecule has 0 aliphatic carbocycles. The van der Waals surface area contributed by atoms with Crippen LogP contribution in [0.1, 0.15) is 42.3 Å². The lowest BCUT2D eigenvalue weighted by molar-refractivity contribution is 0.0963. The minimum Gasteiger partial charge on any atom is -0.488 e. The zero-order chi connectivity index (χ0) is 20.6. The molecule has 0 heterocycles. The van der Waals surface area contributed by atoms with Gasteiger partial charge in [-0.15, -0.1) is 24.0 Å². The van der Waals surface area contributed by atoms with Crippen LogP contribution in [0.5, 0.6) is 5.75 Å². The van der Waals surface area contributed by atoms with Gasteiger partial charge < -0.3 is 20.7 Å². The monoisotopic (exact) mass is 510 g/mol. The smallest absolute Gasteiger partial charge is 0.251 e. The summed E-state index contributed by atoms with van der Waals surface area (Å²) in [6.45, 7) is 7.31. The van der Waals surface area contributed by atoms with Crippen LogP contribution in [0, 0.1) is 0 Å². The number of ether oxygens (including phenoxy) is 1. The topological polar surface area (TPSA) is 74.8 Å². The van der Waals surface area contributed by atoms with Crippen molar-refractivity contribution in [2.75, 3.05) is 14.1 Å². The van der Waals surface area contributed by atoms with Crippen molar-refractivity contribution < 1.29 is 9.53 Å². The fourth-order valence-electron chi connectivity index (χ4n) is 2.58. The normalized spacial score (nSPS) is 11.3. The number of aliphatic imine (C=N–C) groups is 1. The van der Waals surface area contributed by atoms with Crippen LogP contribution in [0.4, 0.5) is 0 Å². The largest absolute Gasteiger partial charge is 0.488 e. The lowest BCUT2D eigenvalue weighted by Gasteiger charge is -2.23. The van der Waals surface area contributed by atoms with Gasteiger partial charge in [-0.2, -0.15) is 0 Å². The molecule has 29 heavy (non-hydrogen) atoms. The summed E-state index contributed by atoms with van der Waals surface area (Å²) in [4.78, 5) is 15.9. The first-order valence-corrected chi connectivity index (χ1v) is 9.35. The molecule has 7 heteroatoms. The molecule has 0 atom stereocenters. The number of amides is 1. The van der Waals surface area contributed by atoms with E-state index >= 15 is 0 Å². The molecule has 6 nitrogen and oxygen atoms in total. The molecule has 0 radical (unpaired) electrons. The lowest BCUT2D eigenvalue weighted by Crippen LogP contribution is -2.36. The number of nitrogens with zero attached hydrogens (tertiary/aromatic N) is 1. The number of rotatable bonds is 6. The molecular formula is C22H31IN4O2. The molecule has 2 aromatic carbocycles. The summed E-state index contributed by atoms with van der Waals surface area (Å²) in [7, 11) is 3.36. The van der Waals surface area contributed by atoms with Gasteiger partial charge in [0.05, 0.1) is 0 Å². The van der Waals surface area contributed by atoms with Gasteiger partial charge in [-0.3, -0.25) is 9.79 Å². The quantitative estimate of drug-likeness (QED) is 0.315. The molecular weight excluding hydrogens is 479 g/mol. The molecule has 0 unspecified atom stereocenters. The summed E-state index contributed by atoms with van der Waals surface area (Å²) in [6.07, 6.45) is 0. The van der Waals surface area contributed by atoms with E-state index < -0.39 is 0 Å². The zero-order valence-electron chi connectivity index (χ0n) is 17.7. The van der Waals surface area contributed by atoms with Gasteiger partial charge in [0.1, 0.15) is 11.4 Å². The second kappa shape index (κ2) is 11.6. The fraction of sp³-hybridized carbons (Fsp3) is 0.364. The average molecular weight is 510 g/mol. The summed E-state index contributed by atoms with van der Waals surface area (Å²) in [5, 5.41) is 9.22. The van der Waals surface area contributed by atoms with Crippen LogP contribution < -0.4 is 20.7 Å². The van der Waals surface area contributed by atoms with Crippen molar-refractivity contribution in [2.24, 2.45) is 4.99 Å². The highest BCUT2D eigenvalue weighted by Crippen LogP contribution is 2.22. The molecule has 0 spiro atoms. The van der Waals surface area contributed by atoms with E-state index in [1.165, 1.54) is 0 Å². The third-order valence-corrected chi connectivity index (χ3v) is 3.96. The number of benzene rings is 2. The maximum Gasteiger partial charge on any atom is 0.251 e. The molecule has 2 rings (SSSR count). The highest BCUT2D eigenvalue weighted by Gasteiger charge is 2.14. The summed E-state index contributed by atoms with van der Waals surface area (Å²) >= 11 is 0. The van der Waals surface area contributed by atoms with Crippen LogP contribution in [0.3, 0.4) is 0 Å². The van der Waals surface area contributed by atoms with Gasteiger partial charge in [-0.05, 0) is 44.5 Å². The first kappa shape index (κ1) is 24.7. The van der Waals surface area contributed by atoms with Gasteiger partial charge in [0, 0.05) is 38.3 Å². The van der Waals surface area contributed by atoms with Crippen LogP contribution in [0.25, 0.3) is 0 Å². The number of carbonyl (C=O) groups is 1. The Hall–Kier alpha value is -2.29. The second-order valence-electron chi connectivity index (χ2n) is 7.38. The van der Waals surface area contributed by atoms with Crippen LogP contribution in [-0.2, 0) is 13.1 Å². The molecule has 0 saturated carbocycles. The summed E-state index contributed by atoms with van der Waals surface area (Å²) in [5.41, 5.74) is 2.52. The van der Waals surface area contributed by atoms with Crippen molar-refractivity contribution >= 4 is 35.8 Å². The Morgan fingerprint density at radius 3 is 2.21 bits per heavy atom. The molecule has 2 aromatic rings. The molecule has 0 fully saturated rings. The van der Waals surface area contributed by atoms with E-state index in [0.717, 1.165) is 16.9 Å². The second-order valence-corrected chi connectivity index (χ2v) is 7.38. The summed E-state index contributed by atoms with van der Waals surface area (Å²) < 4.78 is 6.03. The SMILES string of the molecule is CN=C(NCc1ccc(C(=O)NC)cc1)NCc1ccccc1OC(C)(C)C.I. The Kier molecular flexibility index (Phi) is 9.94. The number of nitrogens with one attached hydrogen (secondary N) is 3. The van der Waals surface area contributed by atoms with Crippen LogP contribution >= 0.6 is 24.0 Å². The third kappa shape index (κ3) is 8.31. The van der Waals surface area contributed by atoms with Crippen LogP contribution in [0.2, 0.25) is 0 Å². The minimum absolute atomic E-state index is 0. The first-order valence-electron chi connectivity index (χ1n) is 9.35. The van der Waals surface area contributed by atoms with Crippen LogP contribution in [-0.4, -0.2) is 31.6 Å². The Morgan fingerprint density at radius 1 is 1.00 bits per heavy atom. The van der Waals surface area contributed by atoms with Crippen molar-refractivity contribution in [3.63, 3.8) is 0 Å². The van der Waals surface area contributed by atoms with Gasteiger partial charge in [-0.1, -0.05) is 30.3 Å². The third-order valence-electron chi connectivity index (χ3n) is 3.96. The van der Waals surface area contributed by atoms with Crippen molar-refractivity contribution in [1.82, 2.24) is 16.0 Å². The molecule has 1 amide bonds. The highest BCUT2D eigenvalue weighted by molar-refractivity contribution is 14.0. The molecule has 0 saturated heterocycles. The molecule has 0 bridgehead atoms. The number of guanidine groups is 1. The Morgan fingerprint density at radius 2 is 1.62 bits per heavy atom. The van der Waals surface area contributed by atoms with Crippen LogP contribution in [0.15, 0.2) is 53.5 Å². The Balaban J connectivity index is 0.00000420. The Bertz CT molecular complexity index is 814. The standard InChI is InChI=1S/C22H30N4O2.HI/c1-22(2,3)28-19-9-7-6-8-18(19)15-26-21(24-5)25-14-16-10-12-17(13-11-16)20(27)23-4;/h6-13H,14-15H2,1-5H3,(H,23,27)(H2,24,25,26);1H. The van der Waals surface area contributed by atoms with Gasteiger partial charge >= 0.3 is 0 Å². The number of halogens is 1. The number of carbonyl (C=O) groups excluding carboxylic acids is 1. The van der Waals surface area contributed by atoms with Crippen molar-refractivity contribution in [2.45, 2.75) is 39.5 Å². The van der Waals surface area contributed by atoms with Crippen molar-refractivity contribution in [1.29, 1.82) is 0 Å². The Labute approximate surface area is 190 Å². The molecule has 0 aliphatic heterocycles. The minimum atomic E-state index is -0.253. The summed E-state index contributed by atoms with van der Waals surface area (Å²) in [6, 6.07) is 15.5. The molecule has 0 aliphatic rings. The predicted molar refractivity (Wildman–Crippen MR) is 129 cm³/mol. The van der Waals surface area contributed by atoms with Gasteiger partial charge in [0.25, 0.3) is 5.91 Å². The van der Waals surface area contributed by atoms with E-state index in [0.29, 0.717) is 24.6 Å². The van der Waals surface area contributed by atoms with Gasteiger partial charge in [-0.25, -0.2) is 0 Å². The van der Waals surface area contributed by atoms with Crippen molar-refractivity contribution in [3.05, 3.63) is 65.2 Å². The van der Waals surface area contributed by atoms with Crippen molar-refractivity contribution in [3.8, 4) is 5.75 Å². The maximum atomic E-state index is 11.6. The number of hydrogen-bond donors (Lipinski definition) is 3. The molecule has 158 valence electrons. The van der Waals surface area contributed by atoms with E-state index in [9.17, 15) is 4.79 Å². The lowest BCUT2D eigenvalue weighted by atomic mass is 10.1. The van der Waals surface area contributed by atoms with E-state index in [1.54, 1.807) is 14.1 Å². The van der Waals surface area contributed by atoms with E-state index in [2.05, 4.69) is 20.9 Å². The molecule has 0 aromatic heterocycles. The summed E-state index contributed by atoms with van der Waals surface area (Å²) in [5.74, 6) is 1.47. The fourth-order valence-corrected chi connectivity index (χ4v) is 2.58. The number of para-hydroxylation sites is 1. The van der Waals surface area contributed by atoms with Gasteiger partial charge in [0.2, 0.25) is 0 Å². The predicted octanol–water partition coefficient (Wildman–Crippen LogP) is 3.71. The highest BCUT2D eigenvalue weighted by atomic mass is 127.